The van der Waals surface area contributed by atoms with E-state index in [2.05, 4.69) is 9.94 Å². The molecule has 3 aromatic rings. The number of ether oxygens (including phenoxy) is 1. The van der Waals surface area contributed by atoms with Gasteiger partial charge >= 0.3 is 0 Å². The van der Waals surface area contributed by atoms with E-state index in [1.807, 2.05) is 19.9 Å². The molecule has 0 amide bonds. The quantitative estimate of drug-likeness (QED) is 0.393. The van der Waals surface area contributed by atoms with Crippen molar-refractivity contribution in [1.82, 2.24) is 9.78 Å². The van der Waals surface area contributed by atoms with Gasteiger partial charge in [-0.3, -0.25) is 9.23 Å². The smallest absolute Gasteiger partial charge is 0.294 e. The van der Waals surface area contributed by atoms with Crippen molar-refractivity contribution >= 4 is 15.8 Å². The highest BCUT2D eigenvalue weighted by Gasteiger charge is 2.18. The fourth-order valence-electron chi connectivity index (χ4n) is 2.99. The van der Waals surface area contributed by atoms with E-state index in [0.29, 0.717) is 42.1 Å². The second-order valence-electron chi connectivity index (χ2n) is 6.71. The van der Waals surface area contributed by atoms with Crippen LogP contribution < -0.4 is 4.74 Å². The monoisotopic (exact) mass is 468 g/mol. The summed E-state index contributed by atoms with van der Waals surface area (Å²) in [7, 11) is -4.00. The Morgan fingerprint density at radius 3 is 2.36 bits per heavy atom. The van der Waals surface area contributed by atoms with Crippen LogP contribution in [-0.4, -0.2) is 34.5 Å². The maximum absolute atomic E-state index is 10.4. The van der Waals surface area contributed by atoms with Crippen LogP contribution in [0.25, 0.3) is 4.85 Å². The lowest BCUT2D eigenvalue weighted by Crippen LogP contribution is -2.07. The third-order valence-corrected chi connectivity index (χ3v) is 5.34. The first-order valence-corrected chi connectivity index (χ1v) is 11.5. The van der Waals surface area contributed by atoms with Crippen molar-refractivity contribution in [2.45, 2.75) is 38.1 Å². The van der Waals surface area contributed by atoms with Crippen LogP contribution >= 0.6 is 0 Å². The maximum atomic E-state index is 10.4. The summed E-state index contributed by atoms with van der Waals surface area (Å²) in [6.07, 6.45) is 1.39. The first kappa shape index (κ1) is 25.6. The summed E-state index contributed by atoms with van der Waals surface area (Å²) in [6.45, 7) is 11.5. The molecule has 1 aromatic heterocycles. The van der Waals surface area contributed by atoms with Crippen LogP contribution in [0.2, 0.25) is 0 Å². The molecule has 3 rings (SSSR count). The standard InChI is InChI=1S/C17H18N4O2.C6H6O3S/c1-4-15-17(16(5-2)21(20-15)6-7-22)23-14-9-12(11-18)8-13(10-14)19-3;7-10(8,9)6-4-2-1-3-5-6/h8-10,22H,4-7H2,1-2H3;1-5H,(H,7,8,9). The van der Waals surface area contributed by atoms with Gasteiger partial charge in [-0.05, 0) is 43.2 Å². The van der Waals surface area contributed by atoms with E-state index in [9.17, 15) is 8.42 Å². The molecule has 0 spiro atoms. The van der Waals surface area contributed by atoms with Crippen LogP contribution in [-0.2, 0) is 29.5 Å². The lowest BCUT2D eigenvalue weighted by atomic mass is 10.2. The Bertz CT molecular complexity index is 1240. The van der Waals surface area contributed by atoms with Gasteiger partial charge in [0.2, 0.25) is 0 Å². The number of nitrogens with zero attached hydrogens (tertiary/aromatic N) is 4. The van der Waals surface area contributed by atoms with Crippen molar-refractivity contribution in [3.63, 3.8) is 0 Å². The van der Waals surface area contributed by atoms with Gasteiger partial charge in [0.25, 0.3) is 10.1 Å². The topological polar surface area (TPSA) is 130 Å². The Hall–Kier alpha value is -3.70. The summed E-state index contributed by atoms with van der Waals surface area (Å²) in [4.78, 5) is 3.29. The van der Waals surface area contributed by atoms with Crippen LogP contribution in [0.15, 0.2) is 53.4 Å². The average molecular weight is 469 g/mol. The second-order valence-corrected chi connectivity index (χ2v) is 8.13. The minimum atomic E-state index is -4.00. The molecule has 0 fully saturated rings. The number of hydrogen-bond acceptors (Lipinski definition) is 6. The molecule has 2 aromatic carbocycles. The average Bonchev–Trinajstić information content (AvgIpc) is 3.15. The van der Waals surface area contributed by atoms with Gasteiger partial charge in [-0.2, -0.15) is 18.8 Å². The molecule has 0 saturated heterocycles. The molecule has 9 nitrogen and oxygen atoms in total. The molecule has 0 unspecified atom stereocenters. The summed E-state index contributed by atoms with van der Waals surface area (Å²) in [5, 5.41) is 22.7. The van der Waals surface area contributed by atoms with Gasteiger partial charge < -0.3 is 9.84 Å². The van der Waals surface area contributed by atoms with E-state index >= 15 is 0 Å². The Morgan fingerprint density at radius 2 is 1.88 bits per heavy atom. The van der Waals surface area contributed by atoms with Gasteiger partial charge in [-0.15, -0.1) is 0 Å². The molecule has 10 heteroatoms. The lowest BCUT2D eigenvalue weighted by Gasteiger charge is -2.09. The van der Waals surface area contributed by atoms with Crippen LogP contribution in [0.3, 0.4) is 0 Å². The van der Waals surface area contributed by atoms with Gasteiger partial charge in [0.05, 0.1) is 36.4 Å². The van der Waals surface area contributed by atoms with E-state index in [0.717, 1.165) is 11.4 Å². The Kier molecular flexibility index (Phi) is 9.13. The molecule has 0 aliphatic rings. The molecule has 1 heterocycles. The molecule has 0 atom stereocenters. The predicted octanol–water partition coefficient (Wildman–Crippen LogP) is 4.15. The zero-order valence-electron chi connectivity index (χ0n) is 18.3. The van der Waals surface area contributed by atoms with Crippen molar-refractivity contribution in [2.75, 3.05) is 6.61 Å². The van der Waals surface area contributed by atoms with Crippen molar-refractivity contribution in [2.24, 2.45) is 0 Å². The number of benzene rings is 2. The number of aryl methyl sites for hydroxylation is 1. The fourth-order valence-corrected chi connectivity index (χ4v) is 3.49. The van der Waals surface area contributed by atoms with Gasteiger partial charge in [-0.25, -0.2) is 4.85 Å². The fraction of sp³-hybridized carbons (Fsp3) is 0.261. The number of rotatable bonds is 7. The van der Waals surface area contributed by atoms with Crippen LogP contribution in [0.1, 0.15) is 30.8 Å². The van der Waals surface area contributed by atoms with E-state index in [4.69, 9.17) is 26.2 Å². The molecular formula is C23H24N4O5S. The van der Waals surface area contributed by atoms with E-state index < -0.39 is 10.1 Å². The molecule has 33 heavy (non-hydrogen) atoms. The highest BCUT2D eigenvalue weighted by atomic mass is 32.2. The minimum absolute atomic E-state index is 0.00304. The molecular weight excluding hydrogens is 444 g/mol. The summed E-state index contributed by atoms with van der Waals surface area (Å²) in [5.74, 6) is 1.09. The highest BCUT2D eigenvalue weighted by molar-refractivity contribution is 7.85. The van der Waals surface area contributed by atoms with Gasteiger partial charge in [0.1, 0.15) is 11.4 Å². The Balaban J connectivity index is 0.000000321. The number of hydrogen-bond donors (Lipinski definition) is 2. The summed E-state index contributed by atoms with van der Waals surface area (Å²) < 4.78 is 37.0. The maximum Gasteiger partial charge on any atom is 0.294 e. The number of aliphatic hydroxyl groups excluding tert-OH is 1. The molecule has 0 saturated carbocycles. The van der Waals surface area contributed by atoms with E-state index in [1.165, 1.54) is 18.2 Å². The van der Waals surface area contributed by atoms with Crippen molar-refractivity contribution in [1.29, 1.82) is 5.26 Å². The zero-order chi connectivity index (χ0) is 24.4. The van der Waals surface area contributed by atoms with Gasteiger partial charge in [-0.1, -0.05) is 32.0 Å². The normalized spacial score (nSPS) is 10.5. The third kappa shape index (κ3) is 6.89. The third-order valence-electron chi connectivity index (χ3n) is 4.47. The molecule has 2 N–H and O–H groups in total. The zero-order valence-corrected chi connectivity index (χ0v) is 19.1. The molecule has 0 radical (unpaired) electrons. The number of aromatic nitrogens is 2. The summed E-state index contributed by atoms with van der Waals surface area (Å²) >= 11 is 0. The number of aliphatic hydroxyl groups is 1. The largest absolute Gasteiger partial charge is 0.455 e. The van der Waals surface area contributed by atoms with Crippen LogP contribution in [0.4, 0.5) is 5.69 Å². The van der Waals surface area contributed by atoms with Crippen molar-refractivity contribution < 1.29 is 22.8 Å². The summed E-state index contributed by atoms with van der Waals surface area (Å²) in [6, 6.07) is 14.2. The van der Waals surface area contributed by atoms with E-state index in [-0.39, 0.29) is 11.5 Å². The molecule has 172 valence electrons. The highest BCUT2D eigenvalue weighted by Crippen LogP contribution is 2.33. The second kappa shape index (κ2) is 11.8. The SMILES string of the molecule is O=S(=O)(O)c1ccccc1.[C-]#[N+]c1cc(C#N)cc(Oc2c(CC)nn(CCO)c2CC)c1. The molecule has 0 aliphatic carbocycles. The van der Waals surface area contributed by atoms with E-state index in [1.54, 1.807) is 35.0 Å². The lowest BCUT2D eigenvalue weighted by molar-refractivity contribution is 0.267. The van der Waals surface area contributed by atoms with Crippen LogP contribution in [0.5, 0.6) is 11.5 Å². The first-order chi connectivity index (χ1) is 15.8. The van der Waals surface area contributed by atoms with Crippen molar-refractivity contribution in [3.8, 4) is 17.6 Å². The van der Waals surface area contributed by atoms with Crippen molar-refractivity contribution in [3.05, 3.63) is 76.9 Å². The van der Waals surface area contributed by atoms with Crippen LogP contribution in [0, 0.1) is 17.9 Å². The predicted molar refractivity (Wildman–Crippen MR) is 122 cm³/mol. The Morgan fingerprint density at radius 1 is 1.18 bits per heavy atom. The number of nitriles is 1. The molecule has 0 bridgehead atoms. The minimum Gasteiger partial charge on any atom is -0.455 e. The Labute approximate surface area is 193 Å². The molecule has 0 aliphatic heterocycles. The van der Waals surface area contributed by atoms with Gasteiger partial charge in [0, 0.05) is 5.56 Å². The first-order valence-electron chi connectivity index (χ1n) is 10.1. The summed E-state index contributed by atoms with van der Waals surface area (Å²) in [5.41, 5.74) is 2.43. The van der Waals surface area contributed by atoms with Gasteiger partial charge in [0.15, 0.2) is 11.4 Å².